The molecule has 4 atom stereocenters. The van der Waals surface area contributed by atoms with E-state index in [2.05, 4.69) is 18.7 Å². The Morgan fingerprint density at radius 3 is 2.26 bits per heavy atom. The van der Waals surface area contributed by atoms with E-state index >= 15 is 0 Å². The second-order valence-corrected chi connectivity index (χ2v) is 6.80. The second-order valence-electron chi connectivity index (χ2n) is 6.80. The molecule has 108 valence electrons. The highest BCUT2D eigenvalue weighted by Gasteiger charge is 2.68. The normalized spacial score (nSPS) is 38.6. The Hall–Kier alpha value is -0.570. The number of carbonyl (C=O) groups excluding carboxylic acids is 1. The number of hydrogen-bond donors (Lipinski definition) is 1. The SMILES string of the molecule is CCC(CC)N(CCN)C(=O)C1C2C3CCC(C3)C12. The molecule has 3 aliphatic rings. The van der Waals surface area contributed by atoms with Crippen molar-refractivity contribution in [3.63, 3.8) is 0 Å². The lowest BCUT2D eigenvalue weighted by atomic mass is 10.0. The van der Waals surface area contributed by atoms with Crippen LogP contribution in [0, 0.1) is 29.6 Å². The van der Waals surface area contributed by atoms with Crippen molar-refractivity contribution in [2.45, 2.75) is 52.0 Å². The van der Waals surface area contributed by atoms with Gasteiger partial charge in [0.2, 0.25) is 5.91 Å². The van der Waals surface area contributed by atoms with Crippen LogP contribution in [0.2, 0.25) is 0 Å². The van der Waals surface area contributed by atoms with Crippen LogP contribution in [0.25, 0.3) is 0 Å². The van der Waals surface area contributed by atoms with Crippen molar-refractivity contribution in [3.05, 3.63) is 0 Å². The van der Waals surface area contributed by atoms with Gasteiger partial charge in [-0.3, -0.25) is 4.79 Å². The van der Waals surface area contributed by atoms with Crippen LogP contribution in [0.1, 0.15) is 46.0 Å². The average Bonchev–Trinajstić information content (AvgIpc) is 2.86. The van der Waals surface area contributed by atoms with E-state index in [1.807, 2.05) is 0 Å². The Balaban J connectivity index is 1.68. The van der Waals surface area contributed by atoms with Crippen LogP contribution in [0.3, 0.4) is 0 Å². The van der Waals surface area contributed by atoms with Crippen molar-refractivity contribution in [1.29, 1.82) is 0 Å². The lowest BCUT2D eigenvalue weighted by Crippen LogP contribution is -2.44. The largest absolute Gasteiger partial charge is 0.338 e. The van der Waals surface area contributed by atoms with E-state index in [1.54, 1.807) is 0 Å². The molecule has 3 saturated carbocycles. The van der Waals surface area contributed by atoms with E-state index < -0.39 is 0 Å². The van der Waals surface area contributed by atoms with Crippen molar-refractivity contribution in [1.82, 2.24) is 4.90 Å². The zero-order valence-corrected chi connectivity index (χ0v) is 12.3. The van der Waals surface area contributed by atoms with Gasteiger partial charge in [-0.05, 0) is 55.8 Å². The lowest BCUT2D eigenvalue weighted by molar-refractivity contribution is -0.136. The maximum atomic E-state index is 12.9. The molecule has 0 aliphatic heterocycles. The fraction of sp³-hybridized carbons (Fsp3) is 0.938. The van der Waals surface area contributed by atoms with Crippen LogP contribution in [-0.4, -0.2) is 29.9 Å². The van der Waals surface area contributed by atoms with Crippen molar-refractivity contribution in [2.75, 3.05) is 13.1 Å². The Bertz CT molecular complexity index is 337. The maximum absolute atomic E-state index is 12.9. The van der Waals surface area contributed by atoms with Crippen molar-refractivity contribution >= 4 is 5.91 Å². The van der Waals surface area contributed by atoms with Crippen LogP contribution >= 0.6 is 0 Å². The summed E-state index contributed by atoms with van der Waals surface area (Å²) in [7, 11) is 0. The number of nitrogens with zero attached hydrogens (tertiary/aromatic N) is 1. The zero-order valence-electron chi connectivity index (χ0n) is 12.3. The number of hydrogen-bond acceptors (Lipinski definition) is 2. The number of rotatable bonds is 6. The first-order chi connectivity index (χ1) is 9.22. The highest BCUT2D eigenvalue weighted by atomic mass is 16.2. The van der Waals surface area contributed by atoms with Gasteiger partial charge < -0.3 is 10.6 Å². The van der Waals surface area contributed by atoms with Gasteiger partial charge in [-0.15, -0.1) is 0 Å². The van der Waals surface area contributed by atoms with E-state index in [0.717, 1.165) is 43.1 Å². The van der Waals surface area contributed by atoms with Gasteiger partial charge in [0.25, 0.3) is 0 Å². The monoisotopic (exact) mass is 264 g/mol. The molecule has 3 rings (SSSR count). The fourth-order valence-corrected chi connectivity index (χ4v) is 5.19. The molecular weight excluding hydrogens is 236 g/mol. The van der Waals surface area contributed by atoms with E-state index in [-0.39, 0.29) is 0 Å². The summed E-state index contributed by atoms with van der Waals surface area (Å²) >= 11 is 0. The highest BCUT2D eigenvalue weighted by Crippen LogP contribution is 2.69. The van der Waals surface area contributed by atoms with Gasteiger partial charge in [0.05, 0.1) is 0 Å². The molecule has 3 aliphatic carbocycles. The summed E-state index contributed by atoms with van der Waals surface area (Å²) in [5.41, 5.74) is 5.72. The molecule has 4 unspecified atom stereocenters. The molecule has 0 spiro atoms. The molecule has 19 heavy (non-hydrogen) atoms. The third-order valence-electron chi connectivity index (χ3n) is 6.06. The summed E-state index contributed by atoms with van der Waals surface area (Å²) < 4.78 is 0. The van der Waals surface area contributed by atoms with Gasteiger partial charge in [-0.25, -0.2) is 0 Å². The molecule has 0 radical (unpaired) electrons. The van der Waals surface area contributed by atoms with Crippen LogP contribution < -0.4 is 5.73 Å². The fourth-order valence-electron chi connectivity index (χ4n) is 5.19. The first kappa shape index (κ1) is 13.4. The van der Waals surface area contributed by atoms with Crippen molar-refractivity contribution in [3.8, 4) is 0 Å². The van der Waals surface area contributed by atoms with Gasteiger partial charge in [0, 0.05) is 25.0 Å². The molecule has 2 N–H and O–H groups in total. The molecule has 0 aromatic heterocycles. The minimum absolute atomic E-state index is 0.374. The van der Waals surface area contributed by atoms with Crippen molar-refractivity contribution < 1.29 is 4.79 Å². The van der Waals surface area contributed by atoms with E-state index in [1.165, 1.54) is 19.3 Å². The average molecular weight is 264 g/mol. The van der Waals surface area contributed by atoms with E-state index in [4.69, 9.17) is 5.73 Å². The van der Waals surface area contributed by atoms with Crippen LogP contribution in [-0.2, 0) is 4.79 Å². The number of carbonyl (C=O) groups is 1. The smallest absolute Gasteiger partial charge is 0.226 e. The summed E-state index contributed by atoms with van der Waals surface area (Å²) in [6.45, 7) is 5.71. The second kappa shape index (κ2) is 5.08. The molecule has 3 fully saturated rings. The predicted molar refractivity (Wildman–Crippen MR) is 76.4 cm³/mol. The minimum atomic E-state index is 0.374. The maximum Gasteiger partial charge on any atom is 0.226 e. The standard InChI is InChI=1S/C16H28N2O/c1-3-12(4-2)18(8-7-17)16(19)15-13-10-5-6-11(9-10)14(13)15/h10-15H,3-9,17H2,1-2H3. The summed E-state index contributed by atoms with van der Waals surface area (Å²) in [6, 6.07) is 0.398. The van der Waals surface area contributed by atoms with Gasteiger partial charge in [0.15, 0.2) is 0 Å². The zero-order chi connectivity index (χ0) is 13.6. The van der Waals surface area contributed by atoms with E-state index in [9.17, 15) is 4.79 Å². The van der Waals surface area contributed by atoms with Crippen LogP contribution in [0.4, 0.5) is 0 Å². The lowest BCUT2D eigenvalue weighted by Gasteiger charge is -2.31. The van der Waals surface area contributed by atoms with Crippen LogP contribution in [0.15, 0.2) is 0 Å². The Morgan fingerprint density at radius 2 is 1.79 bits per heavy atom. The van der Waals surface area contributed by atoms with Gasteiger partial charge in [-0.1, -0.05) is 13.8 Å². The quantitative estimate of drug-likeness (QED) is 0.800. The third-order valence-corrected chi connectivity index (χ3v) is 6.06. The molecule has 0 heterocycles. The molecule has 3 heteroatoms. The van der Waals surface area contributed by atoms with Crippen LogP contribution in [0.5, 0.6) is 0 Å². The number of amides is 1. The first-order valence-electron chi connectivity index (χ1n) is 8.23. The molecular formula is C16H28N2O. The molecule has 0 aromatic carbocycles. The summed E-state index contributed by atoms with van der Waals surface area (Å²) in [5, 5.41) is 0. The molecule has 1 amide bonds. The van der Waals surface area contributed by atoms with Crippen molar-refractivity contribution in [2.24, 2.45) is 35.3 Å². The molecule has 3 nitrogen and oxygen atoms in total. The Labute approximate surface area is 116 Å². The topological polar surface area (TPSA) is 46.3 Å². The van der Waals surface area contributed by atoms with E-state index in [0.29, 0.717) is 24.4 Å². The molecule has 0 saturated heterocycles. The van der Waals surface area contributed by atoms with Gasteiger partial charge in [-0.2, -0.15) is 0 Å². The third kappa shape index (κ3) is 2.01. The molecule has 0 aromatic rings. The minimum Gasteiger partial charge on any atom is -0.338 e. The molecule has 2 bridgehead atoms. The number of nitrogens with two attached hydrogens (primary N) is 1. The summed E-state index contributed by atoms with van der Waals surface area (Å²) in [6.07, 6.45) is 6.30. The Kier molecular flexibility index (Phi) is 3.59. The number of fused-ring (bicyclic) bond motifs is 5. The summed E-state index contributed by atoms with van der Waals surface area (Å²) in [4.78, 5) is 15.0. The predicted octanol–water partition coefficient (Wildman–Crippen LogP) is 2.25. The Morgan fingerprint density at radius 1 is 1.21 bits per heavy atom. The highest BCUT2D eigenvalue weighted by molar-refractivity contribution is 5.83. The first-order valence-corrected chi connectivity index (χ1v) is 8.23. The van der Waals surface area contributed by atoms with Gasteiger partial charge in [0.1, 0.15) is 0 Å². The van der Waals surface area contributed by atoms with Gasteiger partial charge >= 0.3 is 0 Å². The summed E-state index contributed by atoms with van der Waals surface area (Å²) in [5.74, 6) is 4.07.